The smallest absolute Gasteiger partial charge is 0.252 e. The van der Waals surface area contributed by atoms with Gasteiger partial charge in [-0.15, -0.1) is 0 Å². The minimum Gasteiger partial charge on any atom is -0.352 e. The van der Waals surface area contributed by atoms with Crippen LogP contribution >= 0.6 is 11.6 Å². The molecule has 0 radical (unpaired) electrons. The van der Waals surface area contributed by atoms with Crippen LogP contribution in [0.25, 0.3) is 0 Å². The summed E-state index contributed by atoms with van der Waals surface area (Å²) in [6.07, 6.45) is 5.92. The predicted octanol–water partition coefficient (Wildman–Crippen LogP) is 3.34. The first-order valence-electron chi connectivity index (χ1n) is 8.39. The van der Waals surface area contributed by atoms with E-state index in [0.29, 0.717) is 12.5 Å². The van der Waals surface area contributed by atoms with E-state index >= 15 is 0 Å². The summed E-state index contributed by atoms with van der Waals surface area (Å²) in [5.74, 6) is 0.170. The second-order valence-electron chi connectivity index (χ2n) is 6.63. The Bertz CT molecular complexity index is 683. The number of rotatable bonds is 6. The Kier molecular flexibility index (Phi) is 6.66. The number of carbonyl (C=O) groups excluding carboxylic acids is 1. The molecule has 0 heterocycles. The van der Waals surface area contributed by atoms with Gasteiger partial charge in [0.25, 0.3) is 5.91 Å². The normalized spacial score (nSPS) is 16.3. The summed E-state index contributed by atoms with van der Waals surface area (Å²) in [6, 6.07) is 3.97. The van der Waals surface area contributed by atoms with Crippen LogP contribution in [0, 0.1) is 5.92 Å². The van der Waals surface area contributed by atoms with Crippen LogP contribution in [-0.4, -0.2) is 26.9 Å². The zero-order chi connectivity index (χ0) is 17.7. The van der Waals surface area contributed by atoms with Crippen LogP contribution < -0.4 is 10.0 Å². The highest BCUT2D eigenvalue weighted by Crippen LogP contribution is 2.24. The third-order valence-corrected chi connectivity index (χ3v) is 6.15. The molecule has 1 amide bonds. The largest absolute Gasteiger partial charge is 0.352 e. The quantitative estimate of drug-likeness (QED) is 0.804. The molecule has 24 heavy (non-hydrogen) atoms. The summed E-state index contributed by atoms with van der Waals surface area (Å²) in [5, 5.41) is 3.14. The van der Waals surface area contributed by atoms with Gasteiger partial charge in [0.05, 0.1) is 15.5 Å². The summed E-state index contributed by atoms with van der Waals surface area (Å²) in [7, 11) is -3.66. The van der Waals surface area contributed by atoms with Gasteiger partial charge < -0.3 is 5.32 Å². The number of halogens is 1. The van der Waals surface area contributed by atoms with Crippen LogP contribution in [0.15, 0.2) is 23.1 Å². The van der Waals surface area contributed by atoms with E-state index < -0.39 is 10.0 Å². The average molecular weight is 373 g/mol. The van der Waals surface area contributed by atoms with Gasteiger partial charge in [-0.1, -0.05) is 30.9 Å². The van der Waals surface area contributed by atoms with Gasteiger partial charge in [-0.25, -0.2) is 13.1 Å². The van der Waals surface area contributed by atoms with Crippen LogP contribution in [0.5, 0.6) is 0 Å². The van der Waals surface area contributed by atoms with E-state index in [2.05, 4.69) is 10.0 Å². The Morgan fingerprint density at radius 1 is 1.25 bits per heavy atom. The summed E-state index contributed by atoms with van der Waals surface area (Å²) in [4.78, 5) is 12.4. The minimum absolute atomic E-state index is 0.0448. The summed E-state index contributed by atoms with van der Waals surface area (Å²) in [6.45, 7) is 4.09. The van der Waals surface area contributed by atoms with E-state index in [4.69, 9.17) is 11.6 Å². The first-order valence-corrected chi connectivity index (χ1v) is 10.3. The van der Waals surface area contributed by atoms with Crippen molar-refractivity contribution >= 4 is 27.5 Å². The molecule has 0 aromatic heterocycles. The van der Waals surface area contributed by atoms with Crippen molar-refractivity contribution < 1.29 is 13.2 Å². The third-order valence-electron chi connectivity index (χ3n) is 4.16. The molecule has 0 saturated heterocycles. The van der Waals surface area contributed by atoms with Crippen molar-refractivity contribution in [1.29, 1.82) is 0 Å². The van der Waals surface area contributed by atoms with Gasteiger partial charge in [-0.2, -0.15) is 0 Å². The van der Waals surface area contributed by atoms with Crippen LogP contribution in [0.3, 0.4) is 0 Å². The minimum atomic E-state index is -3.66. The number of sulfonamides is 1. The van der Waals surface area contributed by atoms with Crippen molar-refractivity contribution in [2.75, 3.05) is 6.54 Å². The molecule has 134 valence electrons. The van der Waals surface area contributed by atoms with Gasteiger partial charge in [0.2, 0.25) is 10.0 Å². The van der Waals surface area contributed by atoms with Gasteiger partial charge in [0.1, 0.15) is 0 Å². The third kappa shape index (κ3) is 5.19. The summed E-state index contributed by atoms with van der Waals surface area (Å²) in [5.41, 5.74) is 0.194. The fraction of sp³-hybridized carbons (Fsp3) is 0.588. The van der Waals surface area contributed by atoms with Crippen molar-refractivity contribution in [2.45, 2.75) is 56.9 Å². The van der Waals surface area contributed by atoms with Gasteiger partial charge in [-0.05, 0) is 50.8 Å². The highest BCUT2D eigenvalue weighted by atomic mass is 35.5. The lowest BCUT2D eigenvalue weighted by Gasteiger charge is -2.21. The lowest BCUT2D eigenvalue weighted by atomic mass is 9.89. The molecular formula is C17H25ClN2O3S. The number of hydrogen-bond donors (Lipinski definition) is 2. The molecule has 1 aromatic rings. The topological polar surface area (TPSA) is 75.3 Å². The highest BCUT2D eigenvalue weighted by Gasteiger charge is 2.20. The first kappa shape index (κ1) is 19.2. The maximum atomic E-state index is 12.4. The maximum Gasteiger partial charge on any atom is 0.252 e. The molecular weight excluding hydrogens is 348 g/mol. The van der Waals surface area contributed by atoms with Crippen LogP contribution in [0.2, 0.25) is 5.02 Å². The number of nitrogens with one attached hydrogen (secondary N) is 2. The summed E-state index contributed by atoms with van der Waals surface area (Å²) < 4.78 is 27.0. The molecule has 1 aliphatic carbocycles. The van der Waals surface area contributed by atoms with Crippen molar-refractivity contribution in [3.05, 3.63) is 28.8 Å². The van der Waals surface area contributed by atoms with Gasteiger partial charge >= 0.3 is 0 Å². The number of carbonyl (C=O) groups is 1. The Morgan fingerprint density at radius 2 is 1.92 bits per heavy atom. The van der Waals surface area contributed by atoms with Crippen molar-refractivity contribution in [3.8, 4) is 0 Å². The van der Waals surface area contributed by atoms with Crippen LogP contribution in [-0.2, 0) is 10.0 Å². The standard InChI is InChI=1S/C17H25ClN2O3S/c1-12(2)20-24(22,23)14-8-9-16(18)15(10-14)17(21)19-11-13-6-4-3-5-7-13/h8-10,12-13,20H,3-7,11H2,1-2H3,(H,19,21). The Balaban J connectivity index is 2.11. The molecule has 0 bridgehead atoms. The molecule has 5 nitrogen and oxygen atoms in total. The first-order chi connectivity index (χ1) is 11.3. The van der Waals surface area contributed by atoms with Crippen molar-refractivity contribution in [2.24, 2.45) is 5.92 Å². The second-order valence-corrected chi connectivity index (χ2v) is 8.75. The number of hydrogen-bond acceptors (Lipinski definition) is 3. The van der Waals surface area contributed by atoms with Gasteiger partial charge in [-0.3, -0.25) is 4.79 Å². The zero-order valence-electron chi connectivity index (χ0n) is 14.1. The van der Waals surface area contributed by atoms with E-state index in [1.165, 1.54) is 37.5 Å². The monoisotopic (exact) mass is 372 g/mol. The molecule has 1 aromatic carbocycles. The van der Waals surface area contributed by atoms with Gasteiger partial charge in [0, 0.05) is 12.6 Å². The Hall–Kier alpha value is -1.11. The molecule has 1 aliphatic rings. The molecule has 7 heteroatoms. The van der Waals surface area contributed by atoms with E-state index in [0.717, 1.165) is 12.8 Å². The molecule has 0 aliphatic heterocycles. The lowest BCUT2D eigenvalue weighted by molar-refractivity contribution is 0.0943. The zero-order valence-corrected chi connectivity index (χ0v) is 15.7. The highest BCUT2D eigenvalue weighted by molar-refractivity contribution is 7.89. The van der Waals surface area contributed by atoms with Crippen LogP contribution in [0.4, 0.5) is 0 Å². The fourth-order valence-corrected chi connectivity index (χ4v) is 4.43. The molecule has 2 N–H and O–H groups in total. The SMILES string of the molecule is CC(C)NS(=O)(=O)c1ccc(Cl)c(C(=O)NCC2CCCCC2)c1. The van der Waals surface area contributed by atoms with Crippen molar-refractivity contribution in [1.82, 2.24) is 10.0 Å². The van der Waals surface area contributed by atoms with E-state index in [1.807, 2.05) is 0 Å². The fourth-order valence-electron chi connectivity index (χ4n) is 2.95. The van der Waals surface area contributed by atoms with E-state index in [-0.39, 0.29) is 27.4 Å². The second kappa shape index (κ2) is 8.32. The number of benzene rings is 1. The van der Waals surface area contributed by atoms with Gasteiger partial charge in [0.15, 0.2) is 0 Å². The Labute approximate surface area is 149 Å². The lowest BCUT2D eigenvalue weighted by Crippen LogP contribution is -2.32. The molecule has 1 saturated carbocycles. The van der Waals surface area contributed by atoms with E-state index in [9.17, 15) is 13.2 Å². The Morgan fingerprint density at radius 3 is 2.54 bits per heavy atom. The summed E-state index contributed by atoms with van der Waals surface area (Å²) >= 11 is 6.09. The maximum absolute atomic E-state index is 12.4. The number of amides is 1. The molecule has 0 unspecified atom stereocenters. The molecule has 1 fully saturated rings. The average Bonchev–Trinajstić information content (AvgIpc) is 2.52. The predicted molar refractivity (Wildman–Crippen MR) is 95.8 cm³/mol. The van der Waals surface area contributed by atoms with E-state index in [1.54, 1.807) is 13.8 Å². The molecule has 0 spiro atoms. The molecule has 0 atom stereocenters. The van der Waals surface area contributed by atoms with Crippen molar-refractivity contribution in [3.63, 3.8) is 0 Å². The molecule has 2 rings (SSSR count). The van der Waals surface area contributed by atoms with Crippen LogP contribution in [0.1, 0.15) is 56.3 Å².